The molecule has 0 aliphatic carbocycles. The van der Waals surface area contributed by atoms with Crippen LogP contribution in [0.4, 0.5) is 0 Å². The molecule has 0 aromatic carbocycles. The lowest BCUT2D eigenvalue weighted by Crippen LogP contribution is -2.40. The average Bonchev–Trinajstić information content (AvgIpc) is 2.18. The lowest BCUT2D eigenvalue weighted by atomic mass is 10.4. The van der Waals surface area contributed by atoms with Gasteiger partial charge in [0, 0.05) is 25.6 Å². The maximum atomic E-state index is 11.0. The molecular formula is C8H15ClN2O3. The first-order chi connectivity index (χ1) is 6.72. The second kappa shape index (κ2) is 8.77. The number of aliphatic hydroxyl groups excluding tert-OH is 1. The van der Waals surface area contributed by atoms with Crippen molar-refractivity contribution in [2.45, 2.75) is 12.8 Å². The topological polar surface area (TPSA) is 78.4 Å². The van der Waals surface area contributed by atoms with Crippen LogP contribution >= 0.6 is 11.6 Å². The summed E-state index contributed by atoms with van der Waals surface area (Å²) in [7, 11) is 0. The summed E-state index contributed by atoms with van der Waals surface area (Å²) >= 11 is 5.39. The van der Waals surface area contributed by atoms with Crippen molar-refractivity contribution in [3.8, 4) is 0 Å². The van der Waals surface area contributed by atoms with Crippen LogP contribution in [0.25, 0.3) is 0 Å². The summed E-state index contributed by atoms with van der Waals surface area (Å²) < 4.78 is 0. The summed E-state index contributed by atoms with van der Waals surface area (Å²) in [4.78, 5) is 22.0. The Labute approximate surface area is 87.8 Å². The first-order valence-electron chi connectivity index (χ1n) is 4.45. The van der Waals surface area contributed by atoms with Crippen LogP contribution in [0.1, 0.15) is 12.8 Å². The summed E-state index contributed by atoms with van der Waals surface area (Å²) in [6.45, 7) is 0.697. The van der Waals surface area contributed by atoms with Crippen LogP contribution < -0.4 is 10.6 Å². The molecule has 0 unspecified atom stereocenters. The lowest BCUT2D eigenvalue weighted by Gasteiger charge is -2.04. The number of nitrogens with one attached hydrogen (secondary N) is 2. The standard InChI is InChI=1S/C8H15ClN2O3/c9-3-1-4-10-7(13)8(14)11-5-2-6-12/h12H,1-6H2,(H,10,13)(H,11,14). The number of carbonyl (C=O) groups excluding carboxylic acids is 2. The SMILES string of the molecule is O=C(NCCCO)C(=O)NCCCCl. The number of hydrogen-bond donors (Lipinski definition) is 3. The van der Waals surface area contributed by atoms with Gasteiger partial charge < -0.3 is 15.7 Å². The Bertz CT molecular complexity index is 167. The van der Waals surface area contributed by atoms with E-state index in [4.69, 9.17) is 16.7 Å². The highest BCUT2D eigenvalue weighted by Crippen LogP contribution is 1.81. The van der Waals surface area contributed by atoms with E-state index in [1.807, 2.05) is 0 Å². The highest BCUT2D eigenvalue weighted by atomic mass is 35.5. The van der Waals surface area contributed by atoms with Gasteiger partial charge in [-0.3, -0.25) is 9.59 Å². The van der Waals surface area contributed by atoms with E-state index in [-0.39, 0.29) is 6.61 Å². The molecule has 0 bridgehead atoms. The van der Waals surface area contributed by atoms with E-state index in [1.165, 1.54) is 0 Å². The minimum absolute atomic E-state index is 0.00581. The maximum Gasteiger partial charge on any atom is 0.309 e. The molecule has 2 amide bonds. The van der Waals surface area contributed by atoms with E-state index < -0.39 is 11.8 Å². The van der Waals surface area contributed by atoms with Crippen molar-refractivity contribution in [1.82, 2.24) is 10.6 Å². The van der Waals surface area contributed by atoms with Gasteiger partial charge in [0.2, 0.25) is 0 Å². The van der Waals surface area contributed by atoms with Gasteiger partial charge >= 0.3 is 11.8 Å². The van der Waals surface area contributed by atoms with Crippen LogP contribution in [0.3, 0.4) is 0 Å². The van der Waals surface area contributed by atoms with Gasteiger partial charge in [-0.2, -0.15) is 0 Å². The van der Waals surface area contributed by atoms with Gasteiger partial charge in [0.25, 0.3) is 0 Å². The number of alkyl halides is 1. The zero-order valence-electron chi connectivity index (χ0n) is 7.88. The minimum atomic E-state index is -0.673. The number of hydrogen-bond acceptors (Lipinski definition) is 3. The fourth-order valence-electron chi connectivity index (χ4n) is 0.710. The smallest absolute Gasteiger partial charge is 0.309 e. The largest absolute Gasteiger partial charge is 0.396 e. The molecule has 0 aromatic rings. The van der Waals surface area contributed by atoms with Crippen LogP contribution in [0, 0.1) is 0 Å². The van der Waals surface area contributed by atoms with Gasteiger partial charge in [-0.25, -0.2) is 0 Å². The third-order valence-corrected chi connectivity index (χ3v) is 1.69. The van der Waals surface area contributed by atoms with Crippen LogP contribution in [0.5, 0.6) is 0 Å². The number of halogens is 1. The Kier molecular flexibility index (Phi) is 8.27. The van der Waals surface area contributed by atoms with Crippen LogP contribution in [0.2, 0.25) is 0 Å². The Balaban J connectivity index is 3.50. The van der Waals surface area contributed by atoms with E-state index in [0.717, 1.165) is 0 Å². The van der Waals surface area contributed by atoms with E-state index in [9.17, 15) is 9.59 Å². The zero-order valence-corrected chi connectivity index (χ0v) is 8.64. The van der Waals surface area contributed by atoms with Gasteiger partial charge in [0.1, 0.15) is 0 Å². The Morgan fingerprint density at radius 3 is 2.00 bits per heavy atom. The molecule has 14 heavy (non-hydrogen) atoms. The second-order valence-electron chi connectivity index (χ2n) is 2.63. The van der Waals surface area contributed by atoms with Crippen molar-refractivity contribution in [3.63, 3.8) is 0 Å². The molecule has 0 atom stereocenters. The predicted molar refractivity (Wildman–Crippen MR) is 53.1 cm³/mol. The summed E-state index contributed by atoms with van der Waals surface area (Å²) in [5, 5.41) is 13.2. The fraction of sp³-hybridized carbons (Fsp3) is 0.750. The van der Waals surface area contributed by atoms with Gasteiger partial charge in [-0.15, -0.1) is 11.6 Å². The molecule has 0 saturated heterocycles. The van der Waals surface area contributed by atoms with Crippen LogP contribution in [0.15, 0.2) is 0 Å². The Morgan fingerprint density at radius 1 is 1.07 bits per heavy atom. The maximum absolute atomic E-state index is 11.0. The first kappa shape index (κ1) is 13.2. The molecule has 0 rings (SSSR count). The van der Waals surface area contributed by atoms with E-state index in [0.29, 0.717) is 31.8 Å². The molecule has 0 aliphatic rings. The van der Waals surface area contributed by atoms with Crippen molar-refractivity contribution < 1.29 is 14.7 Å². The molecule has 0 aromatic heterocycles. The zero-order chi connectivity index (χ0) is 10.8. The van der Waals surface area contributed by atoms with Crippen molar-refractivity contribution in [1.29, 1.82) is 0 Å². The fourth-order valence-corrected chi connectivity index (χ4v) is 0.844. The molecule has 0 radical (unpaired) electrons. The summed E-state index contributed by atoms with van der Waals surface area (Å²) in [5.41, 5.74) is 0. The monoisotopic (exact) mass is 222 g/mol. The molecule has 82 valence electrons. The third-order valence-electron chi connectivity index (χ3n) is 1.42. The first-order valence-corrected chi connectivity index (χ1v) is 4.98. The highest BCUT2D eigenvalue weighted by molar-refractivity contribution is 6.35. The summed E-state index contributed by atoms with van der Waals surface area (Å²) in [6.07, 6.45) is 1.08. The lowest BCUT2D eigenvalue weighted by molar-refractivity contribution is -0.139. The van der Waals surface area contributed by atoms with E-state index in [2.05, 4.69) is 10.6 Å². The normalized spacial score (nSPS) is 9.57. The quantitative estimate of drug-likeness (QED) is 0.314. The van der Waals surface area contributed by atoms with Crippen LogP contribution in [-0.2, 0) is 9.59 Å². The molecule has 0 aliphatic heterocycles. The third kappa shape index (κ3) is 6.68. The van der Waals surface area contributed by atoms with Gasteiger partial charge in [-0.1, -0.05) is 0 Å². The van der Waals surface area contributed by atoms with E-state index in [1.54, 1.807) is 0 Å². The Hall–Kier alpha value is -0.810. The van der Waals surface area contributed by atoms with Crippen molar-refractivity contribution in [2.75, 3.05) is 25.6 Å². The summed E-state index contributed by atoms with van der Waals surface area (Å²) in [5.74, 6) is -0.882. The molecule has 0 fully saturated rings. The van der Waals surface area contributed by atoms with Crippen molar-refractivity contribution >= 4 is 23.4 Å². The number of rotatable bonds is 6. The predicted octanol–water partition coefficient (Wildman–Crippen LogP) is -0.770. The number of carbonyl (C=O) groups is 2. The van der Waals surface area contributed by atoms with Gasteiger partial charge in [0.05, 0.1) is 0 Å². The molecule has 0 spiro atoms. The summed E-state index contributed by atoms with van der Waals surface area (Å²) in [6, 6.07) is 0. The highest BCUT2D eigenvalue weighted by Gasteiger charge is 2.10. The van der Waals surface area contributed by atoms with Gasteiger partial charge in [0.15, 0.2) is 0 Å². The number of amides is 2. The van der Waals surface area contributed by atoms with E-state index >= 15 is 0 Å². The van der Waals surface area contributed by atoms with Crippen molar-refractivity contribution in [3.05, 3.63) is 0 Å². The molecule has 0 saturated carbocycles. The molecule has 3 N–H and O–H groups in total. The molecule has 0 heterocycles. The molecular weight excluding hydrogens is 208 g/mol. The van der Waals surface area contributed by atoms with Crippen LogP contribution in [-0.4, -0.2) is 42.5 Å². The average molecular weight is 223 g/mol. The second-order valence-corrected chi connectivity index (χ2v) is 3.01. The number of aliphatic hydroxyl groups is 1. The molecule has 6 heteroatoms. The minimum Gasteiger partial charge on any atom is -0.396 e. The van der Waals surface area contributed by atoms with Crippen molar-refractivity contribution in [2.24, 2.45) is 0 Å². The Morgan fingerprint density at radius 2 is 1.57 bits per heavy atom. The molecule has 5 nitrogen and oxygen atoms in total. The van der Waals surface area contributed by atoms with Gasteiger partial charge in [-0.05, 0) is 12.8 Å².